The fraction of sp³-hybridized carbons (Fsp3) is 0.0800. The van der Waals surface area contributed by atoms with Gasteiger partial charge in [0.15, 0.2) is 6.61 Å². The minimum Gasteiger partial charge on any atom is -0.452 e. The molecule has 1 amide bonds. The fourth-order valence-corrected chi connectivity index (χ4v) is 3.44. The number of pyridine rings is 1. The molecule has 0 fully saturated rings. The Labute approximate surface area is 182 Å². The number of esters is 1. The summed E-state index contributed by atoms with van der Waals surface area (Å²) in [5, 5.41) is 2.67. The standard InChI is InChI=1S/C25H18F2N2O3/c1-15-22(25(31)32-14-21(30)29-24-18(26)11-7-12-19(24)27)17-10-5-6-13-20(17)28-23(15)16-8-3-2-4-9-16/h2-13H,14H2,1H3,(H,29,30). The lowest BCUT2D eigenvalue weighted by atomic mass is 9.98. The summed E-state index contributed by atoms with van der Waals surface area (Å²) in [5.41, 5.74) is 2.33. The molecule has 32 heavy (non-hydrogen) atoms. The molecular weight excluding hydrogens is 414 g/mol. The van der Waals surface area contributed by atoms with Crippen LogP contribution in [0.4, 0.5) is 14.5 Å². The van der Waals surface area contributed by atoms with Gasteiger partial charge in [0.05, 0.1) is 16.8 Å². The molecule has 0 radical (unpaired) electrons. The van der Waals surface area contributed by atoms with Crippen molar-refractivity contribution >= 4 is 28.5 Å². The van der Waals surface area contributed by atoms with Crippen molar-refractivity contribution in [1.29, 1.82) is 0 Å². The van der Waals surface area contributed by atoms with Crippen LogP contribution in [0.1, 0.15) is 15.9 Å². The zero-order valence-electron chi connectivity index (χ0n) is 17.1. The minimum absolute atomic E-state index is 0.277. The largest absolute Gasteiger partial charge is 0.452 e. The lowest BCUT2D eigenvalue weighted by molar-refractivity contribution is -0.119. The molecule has 0 saturated carbocycles. The first-order valence-electron chi connectivity index (χ1n) is 9.81. The monoisotopic (exact) mass is 432 g/mol. The van der Waals surface area contributed by atoms with Gasteiger partial charge < -0.3 is 10.1 Å². The summed E-state index contributed by atoms with van der Waals surface area (Å²) in [7, 11) is 0. The number of amides is 1. The highest BCUT2D eigenvalue weighted by atomic mass is 19.1. The molecule has 1 aromatic heterocycles. The van der Waals surface area contributed by atoms with E-state index in [2.05, 4.69) is 10.3 Å². The molecule has 3 aromatic carbocycles. The Bertz CT molecular complexity index is 1300. The molecule has 0 spiro atoms. The molecule has 0 unspecified atom stereocenters. The van der Waals surface area contributed by atoms with Crippen molar-refractivity contribution in [1.82, 2.24) is 4.98 Å². The number of rotatable bonds is 5. The number of para-hydroxylation sites is 2. The van der Waals surface area contributed by atoms with Crippen LogP contribution in [0, 0.1) is 18.6 Å². The molecular formula is C25H18F2N2O3. The molecule has 0 aliphatic rings. The van der Waals surface area contributed by atoms with Crippen LogP contribution in [-0.2, 0) is 9.53 Å². The first kappa shape index (κ1) is 21.1. The van der Waals surface area contributed by atoms with E-state index in [0.29, 0.717) is 22.2 Å². The molecule has 0 bridgehead atoms. The first-order chi connectivity index (χ1) is 15.5. The molecule has 1 N–H and O–H groups in total. The van der Waals surface area contributed by atoms with Gasteiger partial charge in [-0.2, -0.15) is 0 Å². The number of anilines is 1. The van der Waals surface area contributed by atoms with E-state index in [-0.39, 0.29) is 5.56 Å². The Morgan fingerprint density at radius 3 is 2.28 bits per heavy atom. The molecule has 0 aliphatic heterocycles. The molecule has 7 heteroatoms. The second-order valence-corrected chi connectivity index (χ2v) is 7.06. The van der Waals surface area contributed by atoms with Gasteiger partial charge in [-0.05, 0) is 30.7 Å². The number of carbonyl (C=O) groups is 2. The third kappa shape index (κ3) is 4.18. The number of ether oxygens (including phenoxy) is 1. The Kier molecular flexibility index (Phi) is 5.89. The van der Waals surface area contributed by atoms with Crippen LogP contribution in [-0.4, -0.2) is 23.5 Å². The Hall–Kier alpha value is -4.13. The second kappa shape index (κ2) is 8.93. The Balaban J connectivity index is 1.62. The van der Waals surface area contributed by atoms with Gasteiger partial charge in [-0.1, -0.05) is 54.6 Å². The molecule has 4 aromatic rings. The lowest BCUT2D eigenvalue weighted by Crippen LogP contribution is -2.22. The van der Waals surface area contributed by atoms with Crippen LogP contribution < -0.4 is 5.32 Å². The van der Waals surface area contributed by atoms with Gasteiger partial charge in [0.25, 0.3) is 5.91 Å². The van der Waals surface area contributed by atoms with Crippen LogP contribution in [0.15, 0.2) is 72.8 Å². The van der Waals surface area contributed by atoms with Crippen LogP contribution in [0.2, 0.25) is 0 Å². The Morgan fingerprint density at radius 2 is 1.56 bits per heavy atom. The number of carbonyl (C=O) groups excluding carboxylic acids is 2. The maximum absolute atomic E-state index is 13.7. The van der Waals surface area contributed by atoms with Crippen LogP contribution in [0.25, 0.3) is 22.2 Å². The van der Waals surface area contributed by atoms with Crippen molar-refractivity contribution < 1.29 is 23.1 Å². The van der Waals surface area contributed by atoms with E-state index >= 15 is 0 Å². The SMILES string of the molecule is Cc1c(-c2ccccc2)nc2ccccc2c1C(=O)OCC(=O)Nc1c(F)cccc1F. The van der Waals surface area contributed by atoms with Crippen molar-refractivity contribution in [3.8, 4) is 11.3 Å². The predicted octanol–water partition coefficient (Wildman–Crippen LogP) is 5.28. The number of nitrogens with one attached hydrogen (secondary N) is 1. The zero-order chi connectivity index (χ0) is 22.7. The van der Waals surface area contributed by atoms with E-state index in [0.717, 1.165) is 17.7 Å². The quantitative estimate of drug-likeness (QED) is 0.436. The number of halogens is 2. The summed E-state index contributed by atoms with van der Waals surface area (Å²) in [6, 6.07) is 19.7. The normalized spacial score (nSPS) is 10.7. The van der Waals surface area contributed by atoms with E-state index in [1.54, 1.807) is 25.1 Å². The van der Waals surface area contributed by atoms with Crippen LogP contribution >= 0.6 is 0 Å². The zero-order valence-corrected chi connectivity index (χ0v) is 17.1. The second-order valence-electron chi connectivity index (χ2n) is 7.06. The van der Waals surface area contributed by atoms with Gasteiger partial charge in [0.2, 0.25) is 0 Å². The number of aromatic nitrogens is 1. The Morgan fingerprint density at radius 1 is 0.906 bits per heavy atom. The van der Waals surface area contributed by atoms with Gasteiger partial charge in [-0.25, -0.2) is 18.6 Å². The molecule has 4 rings (SSSR count). The minimum atomic E-state index is -0.923. The van der Waals surface area contributed by atoms with Gasteiger partial charge in [0.1, 0.15) is 17.3 Å². The average molecular weight is 432 g/mol. The molecule has 1 heterocycles. The first-order valence-corrected chi connectivity index (χ1v) is 9.81. The van der Waals surface area contributed by atoms with Crippen molar-refractivity contribution in [2.75, 3.05) is 11.9 Å². The highest BCUT2D eigenvalue weighted by molar-refractivity contribution is 6.07. The van der Waals surface area contributed by atoms with Crippen molar-refractivity contribution in [3.05, 3.63) is 95.6 Å². The predicted molar refractivity (Wildman–Crippen MR) is 117 cm³/mol. The van der Waals surface area contributed by atoms with E-state index in [1.807, 2.05) is 36.4 Å². The number of benzene rings is 3. The summed E-state index contributed by atoms with van der Waals surface area (Å²) in [6.07, 6.45) is 0. The van der Waals surface area contributed by atoms with Crippen molar-refractivity contribution in [3.63, 3.8) is 0 Å². The maximum atomic E-state index is 13.7. The lowest BCUT2D eigenvalue weighted by Gasteiger charge is -2.14. The van der Waals surface area contributed by atoms with E-state index in [1.165, 1.54) is 6.07 Å². The summed E-state index contributed by atoms with van der Waals surface area (Å²) in [5.74, 6) is -3.44. The molecule has 0 atom stereocenters. The number of hydrogen-bond acceptors (Lipinski definition) is 4. The van der Waals surface area contributed by atoms with Gasteiger partial charge in [-0.15, -0.1) is 0 Å². The van der Waals surface area contributed by atoms with Crippen molar-refractivity contribution in [2.24, 2.45) is 0 Å². The summed E-state index contributed by atoms with van der Waals surface area (Å²) in [4.78, 5) is 29.8. The molecule has 160 valence electrons. The summed E-state index contributed by atoms with van der Waals surface area (Å²) < 4.78 is 32.7. The number of fused-ring (bicyclic) bond motifs is 1. The fourth-order valence-electron chi connectivity index (χ4n) is 3.44. The number of hydrogen-bond donors (Lipinski definition) is 1. The number of nitrogens with zero attached hydrogens (tertiary/aromatic N) is 1. The molecule has 5 nitrogen and oxygen atoms in total. The van der Waals surface area contributed by atoms with Gasteiger partial charge in [-0.3, -0.25) is 4.79 Å². The average Bonchev–Trinajstić information content (AvgIpc) is 2.80. The highest BCUT2D eigenvalue weighted by Gasteiger charge is 2.21. The van der Waals surface area contributed by atoms with E-state index in [9.17, 15) is 18.4 Å². The van der Waals surface area contributed by atoms with Gasteiger partial charge in [0, 0.05) is 10.9 Å². The molecule has 0 aliphatic carbocycles. The summed E-state index contributed by atoms with van der Waals surface area (Å²) >= 11 is 0. The van der Waals surface area contributed by atoms with Crippen LogP contribution in [0.3, 0.4) is 0 Å². The van der Waals surface area contributed by atoms with Gasteiger partial charge >= 0.3 is 5.97 Å². The topological polar surface area (TPSA) is 68.3 Å². The third-order valence-electron chi connectivity index (χ3n) is 4.95. The van der Waals surface area contributed by atoms with E-state index < -0.39 is 35.8 Å². The molecule has 0 saturated heterocycles. The highest BCUT2D eigenvalue weighted by Crippen LogP contribution is 2.30. The van der Waals surface area contributed by atoms with E-state index in [4.69, 9.17) is 4.74 Å². The van der Waals surface area contributed by atoms with Crippen LogP contribution in [0.5, 0.6) is 0 Å². The maximum Gasteiger partial charge on any atom is 0.339 e. The smallest absolute Gasteiger partial charge is 0.339 e. The van der Waals surface area contributed by atoms with Crippen molar-refractivity contribution in [2.45, 2.75) is 6.92 Å². The third-order valence-corrected chi connectivity index (χ3v) is 4.95. The summed E-state index contributed by atoms with van der Waals surface area (Å²) in [6.45, 7) is 1.05.